The zero-order valence-corrected chi connectivity index (χ0v) is 34.7. The number of hydrogen-bond acceptors (Lipinski definition) is 7. The molecule has 3 aliphatic rings. The van der Waals surface area contributed by atoms with Crippen LogP contribution in [-0.2, 0) is 5.41 Å². The molecule has 0 amide bonds. The van der Waals surface area contributed by atoms with Crippen LogP contribution in [0.25, 0.3) is 56.1 Å². The maximum Gasteiger partial charge on any atom is 0.160 e. The van der Waals surface area contributed by atoms with Crippen molar-refractivity contribution in [2.24, 2.45) is 0 Å². The molecule has 5 nitrogen and oxygen atoms in total. The Morgan fingerprint density at radius 2 is 1.11 bits per heavy atom. The molecule has 1 unspecified atom stereocenters. The van der Waals surface area contributed by atoms with Crippen molar-refractivity contribution in [3.05, 3.63) is 223 Å². The normalized spacial score (nSPS) is 15.3. The fourth-order valence-corrected chi connectivity index (χ4v) is 12.3. The first-order valence-corrected chi connectivity index (χ1v) is 22.3. The Hall–Kier alpha value is -7.32. The molecule has 0 fully saturated rings. The van der Waals surface area contributed by atoms with Gasteiger partial charge < -0.3 is 4.90 Å². The third kappa shape index (κ3) is 5.19. The predicted octanol–water partition coefficient (Wildman–Crippen LogP) is 14.2. The quantitative estimate of drug-likeness (QED) is 0.175. The highest BCUT2D eigenvalue weighted by Gasteiger charge is 2.52. The van der Waals surface area contributed by atoms with Crippen LogP contribution in [0.15, 0.2) is 220 Å². The molecule has 7 heteroatoms. The van der Waals surface area contributed by atoms with Crippen molar-refractivity contribution in [3.63, 3.8) is 0 Å². The van der Waals surface area contributed by atoms with Gasteiger partial charge in [-0.3, -0.25) is 9.97 Å². The second-order valence-electron chi connectivity index (χ2n) is 15.8. The molecule has 0 bridgehead atoms. The highest BCUT2D eigenvalue weighted by molar-refractivity contribution is 8.02. The van der Waals surface area contributed by atoms with Crippen molar-refractivity contribution in [2.75, 3.05) is 4.90 Å². The summed E-state index contributed by atoms with van der Waals surface area (Å²) < 4.78 is 0. The summed E-state index contributed by atoms with van der Waals surface area (Å²) in [6.07, 6.45) is 3.91. The van der Waals surface area contributed by atoms with Crippen molar-refractivity contribution in [2.45, 2.75) is 25.0 Å². The molecule has 10 aromatic rings. The molecule has 1 atom stereocenters. The largest absolute Gasteiger partial charge is 0.308 e. The van der Waals surface area contributed by atoms with E-state index in [1.165, 1.54) is 42.1 Å². The Bertz CT molecular complexity index is 3430. The van der Waals surface area contributed by atoms with E-state index in [0.717, 1.165) is 67.1 Å². The standard InChI is InChI=1S/C55H33N5S2/c1-3-14-35(15-4-1)49-39-18-7-9-21-44(39)58-54(59-49)36-27-25-34(26-28-36)37-32-43-51(57-33-37)50-41(20-13-31-56-50)55(43)40-19-8-11-23-47(40)61-52-42(55)29-30-46-53(52)62-48-24-12-10-22-45(48)60(46)38-16-5-2-6-17-38/h1-33H. The average molecular weight is 828 g/mol. The minimum atomic E-state index is -0.643. The summed E-state index contributed by atoms with van der Waals surface area (Å²) in [5, 5.41) is 1.04. The molecule has 2 aliphatic heterocycles. The average Bonchev–Trinajstić information content (AvgIpc) is 3.63. The Morgan fingerprint density at radius 1 is 0.419 bits per heavy atom. The van der Waals surface area contributed by atoms with E-state index in [9.17, 15) is 0 Å². The van der Waals surface area contributed by atoms with Gasteiger partial charge in [0.05, 0.1) is 44.3 Å². The SMILES string of the molecule is c1ccc(-c2nc(-c3ccc(-c4cnc5c(c4)C4(c6ccccc6Sc6c4ccc4c6Sc6ccccc6N4c4ccccc4)c4cccnc4-5)cc3)nc3ccccc23)cc1. The third-order valence-corrected chi connectivity index (χ3v) is 14.9. The van der Waals surface area contributed by atoms with Crippen LogP contribution in [0.4, 0.5) is 17.1 Å². The van der Waals surface area contributed by atoms with E-state index in [-0.39, 0.29) is 0 Å². The van der Waals surface area contributed by atoms with Crippen LogP contribution in [0.2, 0.25) is 0 Å². The molecule has 0 saturated heterocycles. The number of anilines is 3. The van der Waals surface area contributed by atoms with Crippen LogP contribution >= 0.6 is 23.5 Å². The molecule has 62 heavy (non-hydrogen) atoms. The lowest BCUT2D eigenvalue weighted by Crippen LogP contribution is -2.32. The molecule has 0 N–H and O–H groups in total. The van der Waals surface area contributed by atoms with Crippen molar-refractivity contribution in [1.82, 2.24) is 19.9 Å². The van der Waals surface area contributed by atoms with Crippen LogP contribution in [0.3, 0.4) is 0 Å². The van der Waals surface area contributed by atoms with Gasteiger partial charge in [-0.1, -0.05) is 157 Å². The van der Waals surface area contributed by atoms with E-state index < -0.39 is 5.41 Å². The van der Waals surface area contributed by atoms with Crippen LogP contribution in [0, 0.1) is 0 Å². The first-order valence-electron chi connectivity index (χ1n) is 20.7. The number of nitrogens with zero attached hydrogens (tertiary/aromatic N) is 5. The van der Waals surface area contributed by atoms with Gasteiger partial charge in [0.2, 0.25) is 0 Å². The lowest BCUT2D eigenvalue weighted by molar-refractivity contribution is 0.711. The van der Waals surface area contributed by atoms with Gasteiger partial charge in [0.15, 0.2) is 5.82 Å². The fraction of sp³-hybridized carbons (Fsp3) is 0.0182. The van der Waals surface area contributed by atoms with E-state index >= 15 is 0 Å². The van der Waals surface area contributed by atoms with E-state index in [0.29, 0.717) is 5.82 Å². The Balaban J connectivity index is 0.984. The zero-order chi connectivity index (χ0) is 40.8. The predicted molar refractivity (Wildman–Crippen MR) is 252 cm³/mol. The Morgan fingerprint density at radius 3 is 1.98 bits per heavy atom. The number of pyridine rings is 2. The number of para-hydroxylation sites is 3. The van der Waals surface area contributed by atoms with Crippen molar-refractivity contribution in [1.29, 1.82) is 0 Å². The van der Waals surface area contributed by atoms with Crippen LogP contribution < -0.4 is 4.90 Å². The number of benzene rings is 7. The number of hydrogen-bond donors (Lipinski definition) is 0. The molecule has 0 radical (unpaired) electrons. The highest BCUT2D eigenvalue weighted by Crippen LogP contribution is 2.65. The van der Waals surface area contributed by atoms with Gasteiger partial charge in [-0.2, -0.15) is 0 Å². The summed E-state index contributed by atoms with van der Waals surface area (Å²) in [6.45, 7) is 0. The fourth-order valence-electron chi connectivity index (χ4n) is 9.72. The van der Waals surface area contributed by atoms with Gasteiger partial charge in [0, 0.05) is 60.4 Å². The van der Waals surface area contributed by atoms with E-state index in [1.54, 1.807) is 0 Å². The second kappa shape index (κ2) is 13.9. The maximum atomic E-state index is 5.29. The number of fused-ring (bicyclic) bond motifs is 13. The minimum absolute atomic E-state index is 0.643. The van der Waals surface area contributed by atoms with Crippen LogP contribution in [0.5, 0.6) is 0 Å². The van der Waals surface area contributed by atoms with E-state index in [1.807, 2.05) is 54.1 Å². The van der Waals surface area contributed by atoms with Crippen LogP contribution in [0.1, 0.15) is 22.3 Å². The molecule has 1 spiro atoms. The van der Waals surface area contributed by atoms with Crippen molar-refractivity contribution in [3.8, 4) is 45.2 Å². The molecular formula is C55H33N5S2. The first kappa shape index (κ1) is 35.4. The Kier molecular flexibility index (Phi) is 7.92. The topological polar surface area (TPSA) is 54.8 Å². The molecule has 5 heterocycles. The smallest absolute Gasteiger partial charge is 0.160 e. The van der Waals surface area contributed by atoms with Gasteiger partial charge in [-0.05, 0) is 76.9 Å². The molecule has 0 saturated carbocycles. The highest BCUT2D eigenvalue weighted by atomic mass is 32.2. The maximum absolute atomic E-state index is 5.29. The van der Waals surface area contributed by atoms with Crippen LogP contribution in [-0.4, -0.2) is 19.9 Å². The summed E-state index contributed by atoms with van der Waals surface area (Å²) in [5.74, 6) is 0.698. The monoisotopic (exact) mass is 827 g/mol. The molecule has 290 valence electrons. The van der Waals surface area contributed by atoms with Gasteiger partial charge in [0.1, 0.15) is 0 Å². The summed E-state index contributed by atoms with van der Waals surface area (Å²) in [7, 11) is 0. The van der Waals surface area contributed by atoms with E-state index in [2.05, 4.69) is 175 Å². The summed E-state index contributed by atoms with van der Waals surface area (Å²) in [6, 6.07) is 67.0. The minimum Gasteiger partial charge on any atom is -0.308 e. The Labute approximate surface area is 367 Å². The van der Waals surface area contributed by atoms with E-state index in [4.69, 9.17) is 19.9 Å². The van der Waals surface area contributed by atoms with Crippen molar-refractivity contribution >= 4 is 51.5 Å². The second-order valence-corrected chi connectivity index (χ2v) is 17.9. The van der Waals surface area contributed by atoms with Gasteiger partial charge in [0.25, 0.3) is 0 Å². The van der Waals surface area contributed by atoms with Gasteiger partial charge in [-0.15, -0.1) is 0 Å². The van der Waals surface area contributed by atoms with Crippen molar-refractivity contribution < 1.29 is 0 Å². The lowest BCUT2D eigenvalue weighted by atomic mass is 9.67. The molecule has 13 rings (SSSR count). The summed E-state index contributed by atoms with van der Waals surface area (Å²) >= 11 is 3.75. The lowest BCUT2D eigenvalue weighted by Gasteiger charge is -2.42. The summed E-state index contributed by atoms with van der Waals surface area (Å²) in [5.41, 5.74) is 15.5. The van der Waals surface area contributed by atoms with Gasteiger partial charge in [-0.25, -0.2) is 9.97 Å². The van der Waals surface area contributed by atoms with Gasteiger partial charge >= 0.3 is 0 Å². The molecule has 3 aromatic heterocycles. The number of aromatic nitrogens is 4. The third-order valence-electron chi connectivity index (χ3n) is 12.4. The molecule has 1 aliphatic carbocycles. The first-order chi connectivity index (χ1) is 30.7. The molecule has 7 aromatic carbocycles. The number of rotatable bonds is 4. The molecular weight excluding hydrogens is 795 g/mol. The zero-order valence-electron chi connectivity index (χ0n) is 33.1. The summed E-state index contributed by atoms with van der Waals surface area (Å²) in [4.78, 5) is 27.9.